The van der Waals surface area contributed by atoms with Crippen LogP contribution in [0.3, 0.4) is 0 Å². The summed E-state index contributed by atoms with van der Waals surface area (Å²) >= 11 is 6.35. The van der Waals surface area contributed by atoms with Crippen LogP contribution in [0.5, 0.6) is 0 Å². The van der Waals surface area contributed by atoms with Gasteiger partial charge in [0.15, 0.2) is 23.1 Å². The van der Waals surface area contributed by atoms with Gasteiger partial charge in [-0.25, -0.2) is 13.8 Å². The van der Waals surface area contributed by atoms with Gasteiger partial charge in [0.1, 0.15) is 5.82 Å². The van der Waals surface area contributed by atoms with Gasteiger partial charge in [-0.05, 0) is 55.7 Å². The number of pyridine rings is 1. The van der Waals surface area contributed by atoms with E-state index >= 15 is 0 Å². The van der Waals surface area contributed by atoms with Crippen LogP contribution in [0.1, 0.15) is 41.7 Å². The third kappa shape index (κ3) is 3.63. The van der Waals surface area contributed by atoms with Crippen molar-refractivity contribution in [2.75, 3.05) is 37.7 Å². The number of anilines is 1. The summed E-state index contributed by atoms with van der Waals surface area (Å²) in [4.78, 5) is 8.52. The van der Waals surface area contributed by atoms with Crippen molar-refractivity contribution in [3.05, 3.63) is 64.1 Å². The van der Waals surface area contributed by atoms with E-state index in [0.29, 0.717) is 23.9 Å². The van der Waals surface area contributed by atoms with Crippen molar-refractivity contribution < 1.29 is 13.5 Å². The van der Waals surface area contributed by atoms with Gasteiger partial charge in [-0.1, -0.05) is 11.6 Å². The number of hydrogen-bond donors (Lipinski definition) is 0. The molecule has 1 saturated carbocycles. The van der Waals surface area contributed by atoms with Crippen LogP contribution in [0.25, 0.3) is 5.69 Å². The summed E-state index contributed by atoms with van der Waals surface area (Å²) in [5.74, 6) is 2.22. The monoisotopic (exact) mass is 512 g/mol. The van der Waals surface area contributed by atoms with Gasteiger partial charge in [0.05, 0.1) is 25.4 Å². The van der Waals surface area contributed by atoms with Crippen molar-refractivity contribution in [3.8, 4) is 5.69 Å². The van der Waals surface area contributed by atoms with Crippen LogP contribution in [0.2, 0.25) is 5.02 Å². The number of nitrogens with zero attached hydrogens (tertiary/aromatic N) is 6. The Bertz CT molecular complexity index is 1340. The predicted molar refractivity (Wildman–Crippen MR) is 131 cm³/mol. The Labute approximate surface area is 213 Å². The molecule has 7 rings (SSSR count). The summed E-state index contributed by atoms with van der Waals surface area (Å²) < 4.78 is 36.5. The molecule has 3 aliphatic heterocycles. The largest absolute Gasteiger partial charge is 0.375 e. The van der Waals surface area contributed by atoms with Gasteiger partial charge in [0, 0.05) is 48.2 Å². The molecular weight excluding hydrogens is 486 g/mol. The van der Waals surface area contributed by atoms with E-state index in [2.05, 4.69) is 24.6 Å². The second-order valence-corrected chi connectivity index (χ2v) is 11.5. The first-order valence-corrected chi connectivity index (χ1v) is 12.8. The molecule has 1 spiro atoms. The lowest BCUT2D eigenvalue weighted by Crippen LogP contribution is -2.62. The minimum atomic E-state index is -1.32. The maximum atomic E-state index is 14.9. The Morgan fingerprint density at radius 2 is 1.92 bits per heavy atom. The van der Waals surface area contributed by atoms with Gasteiger partial charge < -0.3 is 9.64 Å². The number of rotatable bonds is 4. The third-order valence-electron chi connectivity index (χ3n) is 8.07. The van der Waals surface area contributed by atoms with E-state index in [-0.39, 0.29) is 36.9 Å². The van der Waals surface area contributed by atoms with E-state index in [4.69, 9.17) is 16.3 Å². The average molecular weight is 513 g/mol. The number of benzene rings is 1. The highest BCUT2D eigenvalue weighted by molar-refractivity contribution is 6.30. The van der Waals surface area contributed by atoms with Crippen LogP contribution in [0, 0.1) is 18.2 Å². The first-order chi connectivity index (χ1) is 17.3. The van der Waals surface area contributed by atoms with Crippen LogP contribution in [0.4, 0.5) is 14.6 Å². The second-order valence-electron chi connectivity index (χ2n) is 11.1. The zero-order valence-corrected chi connectivity index (χ0v) is 20.8. The number of ether oxygens (including phenoxy) is 1. The molecule has 1 aromatic carbocycles. The quantitative estimate of drug-likeness (QED) is 0.522. The molecule has 1 aliphatic carbocycles. The van der Waals surface area contributed by atoms with Gasteiger partial charge >= 0.3 is 0 Å². The molecule has 10 heteroatoms. The third-order valence-corrected chi connectivity index (χ3v) is 8.30. The molecule has 3 fully saturated rings. The molecule has 0 atom stereocenters. The molecule has 2 aromatic heterocycles. The Morgan fingerprint density at radius 3 is 2.67 bits per heavy atom. The Balaban J connectivity index is 1.13. The molecule has 188 valence electrons. The summed E-state index contributed by atoms with van der Waals surface area (Å²) in [7, 11) is 0. The number of alkyl halides is 1. The van der Waals surface area contributed by atoms with E-state index in [1.165, 1.54) is 6.07 Å². The van der Waals surface area contributed by atoms with E-state index in [0.717, 1.165) is 54.5 Å². The molecule has 0 unspecified atom stereocenters. The fourth-order valence-electron chi connectivity index (χ4n) is 6.37. The predicted octanol–water partition coefficient (Wildman–Crippen LogP) is 4.20. The minimum absolute atomic E-state index is 0.132. The highest BCUT2D eigenvalue weighted by atomic mass is 35.5. The van der Waals surface area contributed by atoms with Crippen LogP contribution < -0.4 is 4.90 Å². The molecule has 4 aliphatic rings. The fourth-order valence-corrected chi connectivity index (χ4v) is 6.56. The first kappa shape index (κ1) is 22.6. The number of hydrogen-bond acceptors (Lipinski definition) is 6. The summed E-state index contributed by atoms with van der Waals surface area (Å²) in [6.45, 7) is 5.14. The van der Waals surface area contributed by atoms with Crippen LogP contribution in [-0.2, 0) is 17.8 Å². The van der Waals surface area contributed by atoms with Crippen molar-refractivity contribution in [1.29, 1.82) is 0 Å². The molecule has 0 amide bonds. The van der Waals surface area contributed by atoms with E-state index in [1.807, 2.05) is 30.0 Å². The highest BCUT2D eigenvalue weighted by Crippen LogP contribution is 2.56. The van der Waals surface area contributed by atoms with Crippen molar-refractivity contribution in [1.82, 2.24) is 24.6 Å². The van der Waals surface area contributed by atoms with Gasteiger partial charge in [-0.3, -0.25) is 9.47 Å². The summed E-state index contributed by atoms with van der Waals surface area (Å²) in [6.07, 6.45) is 1.96. The summed E-state index contributed by atoms with van der Waals surface area (Å²) in [5, 5.41) is 9.83. The summed E-state index contributed by atoms with van der Waals surface area (Å²) in [6, 6.07) is 9.05. The number of halogens is 3. The van der Waals surface area contributed by atoms with Gasteiger partial charge in [0.25, 0.3) is 0 Å². The van der Waals surface area contributed by atoms with Gasteiger partial charge in [-0.15, -0.1) is 10.2 Å². The topological polar surface area (TPSA) is 59.3 Å². The van der Waals surface area contributed by atoms with Crippen molar-refractivity contribution in [2.45, 2.75) is 44.4 Å². The maximum absolute atomic E-state index is 14.9. The average Bonchev–Trinajstić information content (AvgIpc) is 3.09. The standard InChI is InChI=1S/C26H27ClF2N6O/c1-16-2-4-20(28)24(30-16)34-11-25(12-34)7-18(8-25)23-32-31-22-10-33(13-26(29)14-36-15-26)9-17-6-19(27)3-5-21(17)35(22)23/h2-6,18H,7-15H2,1H3. The lowest BCUT2D eigenvalue weighted by atomic mass is 9.57. The molecular formula is C26H27ClF2N6O. The number of aryl methyl sites for hydroxylation is 1. The lowest BCUT2D eigenvalue weighted by molar-refractivity contribution is -0.142. The zero-order chi connectivity index (χ0) is 24.7. The van der Waals surface area contributed by atoms with Gasteiger partial charge in [-0.2, -0.15) is 0 Å². The van der Waals surface area contributed by atoms with Crippen LogP contribution >= 0.6 is 11.6 Å². The number of aromatic nitrogens is 4. The molecule has 36 heavy (non-hydrogen) atoms. The maximum Gasteiger partial charge on any atom is 0.169 e. The Kier molecular flexibility index (Phi) is 4.98. The molecule has 2 saturated heterocycles. The zero-order valence-electron chi connectivity index (χ0n) is 20.1. The van der Waals surface area contributed by atoms with Gasteiger partial charge in [0.2, 0.25) is 0 Å². The Morgan fingerprint density at radius 1 is 1.11 bits per heavy atom. The van der Waals surface area contributed by atoms with Crippen LogP contribution in [0.15, 0.2) is 30.3 Å². The van der Waals surface area contributed by atoms with E-state index in [9.17, 15) is 8.78 Å². The SMILES string of the molecule is Cc1ccc(F)c(N2CC3(CC(c4nnc5n4-c4ccc(Cl)cc4CN(CC4(F)COC4)C5)C3)C2)n1. The fraction of sp³-hybridized carbons (Fsp3) is 0.500. The lowest BCUT2D eigenvalue weighted by Gasteiger charge is -2.59. The molecule has 7 nitrogen and oxygen atoms in total. The molecule has 3 aromatic rings. The minimum Gasteiger partial charge on any atom is -0.375 e. The molecule has 0 bridgehead atoms. The van der Waals surface area contributed by atoms with Crippen molar-refractivity contribution in [3.63, 3.8) is 0 Å². The van der Waals surface area contributed by atoms with E-state index < -0.39 is 5.67 Å². The van der Waals surface area contributed by atoms with E-state index in [1.54, 1.807) is 6.07 Å². The highest BCUT2D eigenvalue weighted by Gasteiger charge is 2.55. The number of fused-ring (bicyclic) bond motifs is 3. The smallest absolute Gasteiger partial charge is 0.169 e. The Hall–Kier alpha value is -2.62. The van der Waals surface area contributed by atoms with Crippen molar-refractivity contribution >= 4 is 17.4 Å². The normalized spacial score (nSPS) is 22.3. The molecule has 0 radical (unpaired) electrons. The molecule has 0 N–H and O–H groups in total. The first-order valence-electron chi connectivity index (χ1n) is 12.4. The second kappa shape index (κ2) is 7.94. The van der Waals surface area contributed by atoms with Crippen LogP contribution in [-0.4, -0.2) is 63.2 Å². The molecule has 5 heterocycles. The van der Waals surface area contributed by atoms with Crippen molar-refractivity contribution in [2.24, 2.45) is 5.41 Å². The summed E-state index contributed by atoms with van der Waals surface area (Å²) in [5.41, 5.74) is 1.72.